The Kier molecular flexibility index (Phi) is 4.28. The number of hydrogen-bond donors (Lipinski definition) is 2. The summed E-state index contributed by atoms with van der Waals surface area (Å²) >= 11 is 0. The zero-order chi connectivity index (χ0) is 17.2. The maximum absolute atomic E-state index is 12.1. The highest BCUT2D eigenvalue weighted by atomic mass is 19.4. The molecule has 2 amide bonds. The van der Waals surface area contributed by atoms with E-state index in [9.17, 15) is 18.0 Å². The highest BCUT2D eigenvalue weighted by Gasteiger charge is 2.30. The van der Waals surface area contributed by atoms with E-state index in [1.54, 1.807) is 0 Å². The van der Waals surface area contributed by atoms with Crippen molar-refractivity contribution in [1.29, 1.82) is 0 Å². The Balaban J connectivity index is 1.51. The van der Waals surface area contributed by atoms with Gasteiger partial charge in [-0.3, -0.25) is 0 Å². The zero-order valence-electron chi connectivity index (χ0n) is 12.4. The summed E-state index contributed by atoms with van der Waals surface area (Å²) in [6.07, 6.45) is -2.85. The largest absolute Gasteiger partial charge is 0.573 e. The molecule has 0 saturated heterocycles. The van der Waals surface area contributed by atoms with Crippen LogP contribution in [-0.4, -0.2) is 27.2 Å². The van der Waals surface area contributed by atoms with Gasteiger partial charge >= 0.3 is 12.4 Å². The van der Waals surface area contributed by atoms with E-state index in [4.69, 9.17) is 0 Å². The minimum Gasteiger partial charge on any atom is -0.406 e. The van der Waals surface area contributed by atoms with E-state index in [2.05, 4.69) is 25.6 Å². The Hall–Kier alpha value is -2.78. The Morgan fingerprint density at radius 1 is 1.25 bits per heavy atom. The molecule has 128 valence electrons. The fourth-order valence-electron chi connectivity index (χ4n) is 2.42. The van der Waals surface area contributed by atoms with E-state index >= 15 is 0 Å². The third-order valence-electron chi connectivity index (χ3n) is 3.44. The Morgan fingerprint density at radius 2 is 2.00 bits per heavy atom. The Morgan fingerprint density at radius 3 is 2.71 bits per heavy atom. The molecule has 0 radical (unpaired) electrons. The second-order valence-corrected chi connectivity index (χ2v) is 5.17. The number of alkyl halides is 3. The van der Waals surface area contributed by atoms with Crippen molar-refractivity contribution in [2.75, 3.05) is 5.32 Å². The molecule has 0 aliphatic carbocycles. The molecule has 0 saturated carbocycles. The first-order chi connectivity index (χ1) is 11.4. The first kappa shape index (κ1) is 16.1. The topological polar surface area (TPSA) is 81.1 Å². The van der Waals surface area contributed by atoms with Gasteiger partial charge in [-0.2, -0.15) is 0 Å². The fraction of sp³-hybridized carbons (Fsp3) is 0.357. The number of halogens is 3. The molecule has 1 aliphatic rings. The van der Waals surface area contributed by atoms with Crippen molar-refractivity contribution in [1.82, 2.24) is 20.1 Å². The van der Waals surface area contributed by atoms with E-state index in [1.165, 1.54) is 12.1 Å². The smallest absolute Gasteiger partial charge is 0.406 e. The number of aryl methyl sites for hydroxylation is 1. The number of anilines is 1. The van der Waals surface area contributed by atoms with Crippen molar-refractivity contribution in [2.45, 2.75) is 32.3 Å². The van der Waals surface area contributed by atoms with Crippen LogP contribution in [0.25, 0.3) is 0 Å². The molecule has 0 spiro atoms. The molecule has 2 N–H and O–H groups in total. The molecular formula is C14H14F3N5O2. The normalized spacial score (nSPS) is 13.5. The SMILES string of the molecule is O=C(NCc1nnc2n1CCC2)Nc1ccc(OC(F)(F)F)cc1. The number of nitrogens with one attached hydrogen (secondary N) is 2. The van der Waals surface area contributed by atoms with Crippen LogP contribution in [0, 0.1) is 0 Å². The molecule has 0 unspecified atom stereocenters. The molecular weight excluding hydrogens is 327 g/mol. The van der Waals surface area contributed by atoms with Gasteiger partial charge in [0.05, 0.1) is 6.54 Å². The van der Waals surface area contributed by atoms with Crippen molar-refractivity contribution >= 4 is 11.7 Å². The van der Waals surface area contributed by atoms with Gasteiger partial charge in [-0.25, -0.2) is 4.79 Å². The number of benzene rings is 1. The predicted molar refractivity (Wildman–Crippen MR) is 77.3 cm³/mol. The second kappa shape index (κ2) is 6.38. The third kappa shape index (κ3) is 3.94. The quantitative estimate of drug-likeness (QED) is 0.895. The summed E-state index contributed by atoms with van der Waals surface area (Å²) in [4.78, 5) is 11.8. The minimum atomic E-state index is -4.75. The van der Waals surface area contributed by atoms with E-state index in [-0.39, 0.29) is 12.3 Å². The van der Waals surface area contributed by atoms with E-state index in [1.807, 2.05) is 4.57 Å². The van der Waals surface area contributed by atoms with E-state index in [0.29, 0.717) is 11.5 Å². The lowest BCUT2D eigenvalue weighted by Crippen LogP contribution is -2.29. The average molecular weight is 341 g/mol. The average Bonchev–Trinajstić information content (AvgIpc) is 3.09. The number of nitrogens with zero attached hydrogens (tertiary/aromatic N) is 3. The van der Waals surface area contributed by atoms with Gasteiger partial charge in [-0.15, -0.1) is 23.4 Å². The molecule has 0 fully saturated rings. The molecule has 1 aromatic carbocycles. The lowest BCUT2D eigenvalue weighted by atomic mass is 10.3. The molecule has 0 bridgehead atoms. The molecule has 24 heavy (non-hydrogen) atoms. The van der Waals surface area contributed by atoms with Gasteiger partial charge in [0.2, 0.25) is 0 Å². The van der Waals surface area contributed by atoms with Crippen molar-refractivity contribution in [3.63, 3.8) is 0 Å². The molecule has 2 aromatic rings. The van der Waals surface area contributed by atoms with Gasteiger partial charge in [-0.1, -0.05) is 0 Å². The highest BCUT2D eigenvalue weighted by molar-refractivity contribution is 5.89. The summed E-state index contributed by atoms with van der Waals surface area (Å²) in [5.74, 6) is 1.23. The zero-order valence-corrected chi connectivity index (χ0v) is 12.4. The molecule has 0 atom stereocenters. The number of carbonyl (C=O) groups is 1. The number of urea groups is 1. The maximum Gasteiger partial charge on any atom is 0.573 e. The summed E-state index contributed by atoms with van der Waals surface area (Å²) in [7, 11) is 0. The minimum absolute atomic E-state index is 0.216. The van der Waals surface area contributed by atoms with Crippen molar-refractivity contribution < 1.29 is 22.7 Å². The molecule has 1 aromatic heterocycles. The third-order valence-corrected chi connectivity index (χ3v) is 3.44. The summed E-state index contributed by atoms with van der Waals surface area (Å²) in [6.45, 7) is 1.05. The second-order valence-electron chi connectivity index (χ2n) is 5.17. The summed E-state index contributed by atoms with van der Waals surface area (Å²) < 4.78 is 41.9. The predicted octanol–water partition coefficient (Wildman–Crippen LogP) is 2.44. The number of aromatic nitrogens is 3. The molecule has 10 heteroatoms. The lowest BCUT2D eigenvalue weighted by Gasteiger charge is -2.10. The van der Waals surface area contributed by atoms with Crippen LogP contribution in [0.4, 0.5) is 23.7 Å². The standard InChI is InChI=1S/C14H14F3N5O2/c15-14(16,17)24-10-5-3-9(4-6-10)19-13(23)18-8-12-21-20-11-2-1-7-22(11)12/h3-6H,1-2,7-8H2,(H2,18,19,23). The first-order valence-electron chi connectivity index (χ1n) is 7.22. The number of rotatable bonds is 4. The van der Waals surface area contributed by atoms with Crippen LogP contribution in [0.15, 0.2) is 24.3 Å². The van der Waals surface area contributed by atoms with E-state index in [0.717, 1.165) is 37.3 Å². The van der Waals surface area contributed by atoms with Gasteiger partial charge in [0.1, 0.15) is 11.6 Å². The Bertz CT molecular complexity index is 727. The van der Waals surface area contributed by atoms with Crippen molar-refractivity contribution in [3.05, 3.63) is 35.9 Å². The van der Waals surface area contributed by atoms with Crippen LogP contribution in [0.3, 0.4) is 0 Å². The van der Waals surface area contributed by atoms with Crippen LogP contribution in [0.1, 0.15) is 18.1 Å². The number of fused-ring (bicyclic) bond motifs is 1. The van der Waals surface area contributed by atoms with Gasteiger partial charge in [0.15, 0.2) is 5.82 Å². The van der Waals surface area contributed by atoms with Gasteiger partial charge in [0.25, 0.3) is 0 Å². The molecule has 1 aliphatic heterocycles. The molecule has 2 heterocycles. The van der Waals surface area contributed by atoms with Crippen LogP contribution < -0.4 is 15.4 Å². The van der Waals surface area contributed by atoms with Gasteiger partial charge < -0.3 is 19.9 Å². The Labute approximate surface area is 134 Å². The molecule has 3 rings (SSSR count). The lowest BCUT2D eigenvalue weighted by molar-refractivity contribution is -0.274. The van der Waals surface area contributed by atoms with Crippen LogP contribution in [0.2, 0.25) is 0 Å². The van der Waals surface area contributed by atoms with Crippen molar-refractivity contribution in [3.8, 4) is 5.75 Å². The van der Waals surface area contributed by atoms with Crippen LogP contribution in [0.5, 0.6) is 5.75 Å². The maximum atomic E-state index is 12.1. The van der Waals surface area contributed by atoms with Crippen LogP contribution >= 0.6 is 0 Å². The van der Waals surface area contributed by atoms with Gasteiger partial charge in [-0.05, 0) is 30.7 Å². The number of amides is 2. The number of carbonyl (C=O) groups excluding carboxylic acids is 1. The first-order valence-corrected chi connectivity index (χ1v) is 7.22. The summed E-state index contributed by atoms with van der Waals surface area (Å²) in [5, 5.41) is 13.2. The summed E-state index contributed by atoms with van der Waals surface area (Å²) in [5.41, 5.74) is 0.341. The monoisotopic (exact) mass is 341 g/mol. The number of ether oxygens (including phenoxy) is 1. The number of hydrogen-bond acceptors (Lipinski definition) is 4. The molecule has 7 nitrogen and oxygen atoms in total. The van der Waals surface area contributed by atoms with Gasteiger partial charge in [0, 0.05) is 18.7 Å². The fourth-order valence-corrected chi connectivity index (χ4v) is 2.42. The van der Waals surface area contributed by atoms with Crippen molar-refractivity contribution in [2.24, 2.45) is 0 Å². The summed E-state index contributed by atoms with van der Waals surface area (Å²) in [6, 6.07) is 4.38. The van der Waals surface area contributed by atoms with Crippen LogP contribution in [-0.2, 0) is 19.5 Å². The van der Waals surface area contributed by atoms with E-state index < -0.39 is 12.4 Å². The highest BCUT2D eigenvalue weighted by Crippen LogP contribution is 2.23.